The summed E-state index contributed by atoms with van der Waals surface area (Å²) in [5.41, 5.74) is 6.00. The van der Waals surface area contributed by atoms with E-state index in [4.69, 9.17) is 4.74 Å². The number of hydrogen-bond acceptors (Lipinski definition) is 5. The second-order valence-corrected chi connectivity index (χ2v) is 6.80. The molecule has 2 aromatic carbocycles. The minimum absolute atomic E-state index is 0.000343. The third-order valence-electron chi connectivity index (χ3n) is 4.34. The Bertz CT molecular complexity index is 922. The van der Waals surface area contributed by atoms with Crippen LogP contribution in [0.1, 0.15) is 43.4 Å². The van der Waals surface area contributed by atoms with E-state index in [1.54, 1.807) is 25.1 Å². The molecule has 0 fully saturated rings. The largest absolute Gasteiger partial charge is 0.507 e. The first-order valence-electron chi connectivity index (χ1n) is 9.46. The van der Waals surface area contributed by atoms with Crippen molar-refractivity contribution in [3.63, 3.8) is 0 Å². The van der Waals surface area contributed by atoms with Crippen LogP contribution in [0.2, 0.25) is 0 Å². The lowest BCUT2D eigenvalue weighted by molar-refractivity contribution is -0.123. The molecule has 0 aliphatic carbocycles. The lowest BCUT2D eigenvalue weighted by atomic mass is 10.1. The van der Waals surface area contributed by atoms with E-state index in [0.29, 0.717) is 29.1 Å². The number of ether oxygens (including phenoxy) is 1. The maximum absolute atomic E-state index is 12.0. The van der Waals surface area contributed by atoms with Gasteiger partial charge in [0.25, 0.3) is 5.91 Å². The van der Waals surface area contributed by atoms with Crippen LogP contribution in [0.5, 0.6) is 11.5 Å². The molecule has 3 N–H and O–H groups in total. The lowest BCUT2D eigenvalue weighted by Gasteiger charge is -2.10. The predicted molar refractivity (Wildman–Crippen MR) is 113 cm³/mol. The van der Waals surface area contributed by atoms with Crippen molar-refractivity contribution in [1.29, 1.82) is 0 Å². The highest BCUT2D eigenvalue weighted by atomic mass is 16.5. The minimum Gasteiger partial charge on any atom is -0.507 e. The number of aryl methyl sites for hydroxylation is 2. The molecule has 0 atom stereocenters. The normalized spacial score (nSPS) is 11.1. The molecule has 2 rings (SSSR count). The number of phenolic OH excluding ortho intramolecular Hbond substituents is 1. The van der Waals surface area contributed by atoms with E-state index in [0.717, 1.165) is 17.5 Å². The molecule has 0 aliphatic rings. The first-order valence-corrected chi connectivity index (χ1v) is 9.46. The minimum atomic E-state index is -0.422. The number of benzene rings is 2. The van der Waals surface area contributed by atoms with Gasteiger partial charge in [0.1, 0.15) is 11.5 Å². The van der Waals surface area contributed by atoms with Gasteiger partial charge in [0.15, 0.2) is 6.61 Å². The van der Waals surface area contributed by atoms with Gasteiger partial charge < -0.3 is 15.2 Å². The molecule has 0 bridgehead atoms. The molecule has 0 spiro atoms. The summed E-state index contributed by atoms with van der Waals surface area (Å²) in [4.78, 5) is 23.8. The van der Waals surface area contributed by atoms with Crippen LogP contribution in [0.4, 0.5) is 5.69 Å². The smallest absolute Gasteiger partial charge is 0.277 e. The second-order valence-electron chi connectivity index (χ2n) is 6.80. The standard InChI is InChI=1S/C22H27N3O4/c1-5-6-21(27)23-17-8-10-20(26)19(12-17)16(4)24-25-22(28)13-29-18-9-7-14(2)15(3)11-18/h7-12,26H,5-6,13H2,1-4H3,(H,23,27)(H,25,28)/b24-16+. The van der Waals surface area contributed by atoms with Gasteiger partial charge in [-0.3, -0.25) is 9.59 Å². The molecular weight excluding hydrogens is 370 g/mol. The summed E-state index contributed by atoms with van der Waals surface area (Å²) in [6.07, 6.45) is 1.16. The zero-order chi connectivity index (χ0) is 21.4. The van der Waals surface area contributed by atoms with Crippen LogP contribution in [0.3, 0.4) is 0 Å². The molecule has 0 heterocycles. The van der Waals surface area contributed by atoms with E-state index in [9.17, 15) is 14.7 Å². The molecule has 0 aromatic heterocycles. The molecule has 0 radical (unpaired) electrons. The number of hydrogen-bond donors (Lipinski definition) is 3. The Hall–Kier alpha value is -3.35. The topological polar surface area (TPSA) is 100 Å². The van der Waals surface area contributed by atoms with Crippen LogP contribution in [-0.2, 0) is 9.59 Å². The number of nitrogens with one attached hydrogen (secondary N) is 2. The molecule has 7 heteroatoms. The fraction of sp³-hybridized carbons (Fsp3) is 0.318. The van der Waals surface area contributed by atoms with Crippen molar-refractivity contribution in [3.05, 3.63) is 53.1 Å². The van der Waals surface area contributed by atoms with Gasteiger partial charge in [-0.25, -0.2) is 5.43 Å². The van der Waals surface area contributed by atoms with Gasteiger partial charge in [0.2, 0.25) is 5.91 Å². The average Bonchev–Trinajstić information content (AvgIpc) is 2.68. The number of rotatable bonds is 8. The van der Waals surface area contributed by atoms with Gasteiger partial charge in [-0.05, 0) is 68.7 Å². The Morgan fingerprint density at radius 1 is 1.07 bits per heavy atom. The van der Waals surface area contributed by atoms with E-state index in [2.05, 4.69) is 15.8 Å². The van der Waals surface area contributed by atoms with Crippen LogP contribution in [0, 0.1) is 13.8 Å². The van der Waals surface area contributed by atoms with Crippen molar-refractivity contribution < 1.29 is 19.4 Å². The predicted octanol–water partition coefficient (Wildman–Crippen LogP) is 3.67. The maximum Gasteiger partial charge on any atom is 0.277 e. The number of carbonyl (C=O) groups is 2. The fourth-order valence-electron chi connectivity index (χ4n) is 2.55. The zero-order valence-corrected chi connectivity index (χ0v) is 17.2. The molecule has 0 unspecified atom stereocenters. The second kappa shape index (κ2) is 10.3. The van der Waals surface area contributed by atoms with E-state index in [-0.39, 0.29) is 18.3 Å². The Kier molecular flexibility index (Phi) is 7.77. The van der Waals surface area contributed by atoms with Crippen molar-refractivity contribution in [2.75, 3.05) is 11.9 Å². The van der Waals surface area contributed by atoms with Crippen LogP contribution in [0.15, 0.2) is 41.5 Å². The molecule has 2 amide bonds. The van der Waals surface area contributed by atoms with Crippen molar-refractivity contribution in [2.24, 2.45) is 5.10 Å². The molecule has 2 aromatic rings. The summed E-state index contributed by atoms with van der Waals surface area (Å²) in [5, 5.41) is 16.9. The molecule has 0 saturated carbocycles. The van der Waals surface area contributed by atoms with Gasteiger partial charge in [-0.1, -0.05) is 13.0 Å². The van der Waals surface area contributed by atoms with Gasteiger partial charge in [0, 0.05) is 17.7 Å². The van der Waals surface area contributed by atoms with Crippen LogP contribution < -0.4 is 15.5 Å². The highest BCUT2D eigenvalue weighted by Crippen LogP contribution is 2.22. The molecule has 7 nitrogen and oxygen atoms in total. The average molecular weight is 397 g/mol. The monoisotopic (exact) mass is 397 g/mol. The quantitative estimate of drug-likeness (QED) is 0.359. The highest BCUT2D eigenvalue weighted by molar-refractivity contribution is 6.03. The third-order valence-corrected chi connectivity index (χ3v) is 4.34. The molecule has 0 saturated heterocycles. The molecule has 29 heavy (non-hydrogen) atoms. The Balaban J connectivity index is 1.98. The first-order chi connectivity index (χ1) is 13.8. The van der Waals surface area contributed by atoms with Crippen molar-refractivity contribution in [3.8, 4) is 11.5 Å². The maximum atomic E-state index is 12.0. The summed E-state index contributed by atoms with van der Waals surface area (Å²) in [6.45, 7) is 7.37. The number of anilines is 1. The number of amides is 2. The van der Waals surface area contributed by atoms with Crippen LogP contribution in [0.25, 0.3) is 0 Å². The first kappa shape index (κ1) is 21.9. The Morgan fingerprint density at radius 3 is 2.52 bits per heavy atom. The highest BCUT2D eigenvalue weighted by Gasteiger charge is 2.09. The Labute approximate surface area is 170 Å². The van der Waals surface area contributed by atoms with Gasteiger partial charge in [-0.2, -0.15) is 5.10 Å². The van der Waals surface area contributed by atoms with Crippen LogP contribution >= 0.6 is 0 Å². The lowest BCUT2D eigenvalue weighted by Crippen LogP contribution is -2.25. The number of aromatic hydroxyl groups is 1. The summed E-state index contributed by atoms with van der Waals surface area (Å²) >= 11 is 0. The van der Waals surface area contributed by atoms with Gasteiger partial charge in [0.05, 0.1) is 5.71 Å². The number of hydrazone groups is 1. The van der Waals surface area contributed by atoms with Gasteiger partial charge in [-0.15, -0.1) is 0 Å². The zero-order valence-electron chi connectivity index (χ0n) is 17.2. The van der Waals surface area contributed by atoms with Gasteiger partial charge >= 0.3 is 0 Å². The Morgan fingerprint density at radius 2 is 1.83 bits per heavy atom. The third kappa shape index (κ3) is 6.64. The summed E-state index contributed by atoms with van der Waals surface area (Å²) in [7, 11) is 0. The van der Waals surface area contributed by atoms with Crippen LogP contribution in [-0.4, -0.2) is 29.2 Å². The molecular formula is C22H27N3O4. The number of nitrogens with zero attached hydrogens (tertiary/aromatic N) is 1. The fourth-order valence-corrected chi connectivity index (χ4v) is 2.55. The van der Waals surface area contributed by atoms with E-state index >= 15 is 0 Å². The molecule has 154 valence electrons. The van der Waals surface area contributed by atoms with Crippen molar-refractivity contribution >= 4 is 23.2 Å². The van der Waals surface area contributed by atoms with E-state index < -0.39 is 5.91 Å². The summed E-state index contributed by atoms with van der Waals surface area (Å²) in [5.74, 6) is 0.0856. The SMILES string of the molecule is CCCC(=O)Nc1ccc(O)c(/C(C)=N/NC(=O)COc2ccc(C)c(C)c2)c1. The molecule has 0 aliphatic heterocycles. The van der Waals surface area contributed by atoms with E-state index in [1.165, 1.54) is 6.07 Å². The van der Waals surface area contributed by atoms with Crippen molar-refractivity contribution in [2.45, 2.75) is 40.5 Å². The van der Waals surface area contributed by atoms with Crippen molar-refractivity contribution in [1.82, 2.24) is 5.43 Å². The summed E-state index contributed by atoms with van der Waals surface area (Å²) < 4.78 is 5.47. The summed E-state index contributed by atoms with van der Waals surface area (Å²) in [6, 6.07) is 10.3. The van der Waals surface area contributed by atoms with E-state index in [1.807, 2.05) is 32.9 Å². The number of phenols is 1. The number of carbonyl (C=O) groups excluding carboxylic acids is 2.